The van der Waals surface area contributed by atoms with Crippen LogP contribution in [0.2, 0.25) is 0 Å². The lowest BCUT2D eigenvalue weighted by Gasteiger charge is -2.42. The molecule has 37 heavy (non-hydrogen) atoms. The van der Waals surface area contributed by atoms with Crippen molar-refractivity contribution in [1.29, 1.82) is 0 Å². The summed E-state index contributed by atoms with van der Waals surface area (Å²) in [5, 5.41) is 8.18. The molecule has 0 radical (unpaired) electrons. The molecule has 1 aliphatic carbocycles. The topological polar surface area (TPSA) is 87.7 Å². The maximum Gasteiger partial charge on any atom is 0.279 e. The first-order valence-electron chi connectivity index (χ1n) is 13.1. The zero-order valence-corrected chi connectivity index (χ0v) is 21.7. The lowest BCUT2D eigenvalue weighted by Crippen LogP contribution is -2.61. The quantitative estimate of drug-likeness (QED) is 0.530. The van der Waals surface area contributed by atoms with E-state index >= 15 is 0 Å². The maximum absolute atomic E-state index is 13.6. The number of nitrogens with zero attached hydrogens (tertiary/aromatic N) is 4. The van der Waals surface area contributed by atoms with Crippen LogP contribution in [0.4, 0.5) is 14.6 Å². The van der Waals surface area contributed by atoms with E-state index in [4.69, 9.17) is 4.74 Å². The number of piperidine rings is 1. The molecule has 1 saturated carbocycles. The molecule has 1 N–H and O–H groups in total. The molecule has 2 atom stereocenters. The summed E-state index contributed by atoms with van der Waals surface area (Å²) in [6.07, 6.45) is 5.75. The van der Waals surface area contributed by atoms with Crippen LogP contribution in [0.25, 0.3) is 0 Å². The largest absolute Gasteiger partial charge is 0.374 e. The fraction of sp³-hybridized carbons (Fsp3) is 0.615. The van der Waals surface area contributed by atoms with E-state index in [9.17, 15) is 17.2 Å². The molecular weight excluding hydrogens is 500 g/mol. The number of halogens is 2. The van der Waals surface area contributed by atoms with Gasteiger partial charge in [-0.15, -0.1) is 5.10 Å². The van der Waals surface area contributed by atoms with E-state index in [1.807, 2.05) is 18.2 Å². The van der Waals surface area contributed by atoms with Crippen molar-refractivity contribution < 1.29 is 21.9 Å². The van der Waals surface area contributed by atoms with Crippen molar-refractivity contribution >= 4 is 16.0 Å². The highest BCUT2D eigenvalue weighted by Gasteiger charge is 2.40. The molecule has 2 saturated heterocycles. The zero-order chi connectivity index (χ0) is 25.8. The molecule has 0 unspecified atom stereocenters. The minimum absolute atomic E-state index is 0.195. The molecule has 2 aliphatic heterocycles. The molecule has 0 spiro atoms. The summed E-state index contributed by atoms with van der Waals surface area (Å²) in [4.78, 5) is 2.08. The van der Waals surface area contributed by atoms with E-state index in [1.165, 1.54) is 10.4 Å². The highest BCUT2D eigenvalue weighted by atomic mass is 32.2. The molecule has 2 aromatic rings. The second-order valence-electron chi connectivity index (χ2n) is 10.5. The van der Waals surface area contributed by atoms with Crippen LogP contribution in [0.15, 0.2) is 42.6 Å². The number of aromatic nitrogens is 2. The smallest absolute Gasteiger partial charge is 0.279 e. The van der Waals surface area contributed by atoms with Crippen LogP contribution in [-0.2, 0) is 14.9 Å². The Bertz CT molecular complexity index is 1130. The minimum Gasteiger partial charge on any atom is -0.374 e. The van der Waals surface area contributed by atoms with Crippen LogP contribution < -0.4 is 9.62 Å². The molecular formula is C26H35F2N5O3S. The van der Waals surface area contributed by atoms with Gasteiger partial charge in [-0.05, 0) is 73.8 Å². The van der Waals surface area contributed by atoms with Gasteiger partial charge < -0.3 is 9.64 Å². The van der Waals surface area contributed by atoms with Crippen molar-refractivity contribution in [2.75, 3.05) is 44.4 Å². The molecule has 202 valence electrons. The third-order valence-electron chi connectivity index (χ3n) is 7.94. The summed E-state index contributed by atoms with van der Waals surface area (Å²) >= 11 is 0. The van der Waals surface area contributed by atoms with E-state index in [2.05, 4.69) is 19.8 Å². The van der Waals surface area contributed by atoms with Gasteiger partial charge in [0.15, 0.2) is 5.82 Å². The number of hydrogen-bond acceptors (Lipinski definition) is 6. The van der Waals surface area contributed by atoms with Crippen molar-refractivity contribution in [3.8, 4) is 0 Å². The average Bonchev–Trinajstić information content (AvgIpc) is 2.88. The highest BCUT2D eigenvalue weighted by molar-refractivity contribution is 7.87. The monoisotopic (exact) mass is 535 g/mol. The number of rotatable bonds is 9. The van der Waals surface area contributed by atoms with Crippen LogP contribution in [-0.4, -0.2) is 74.5 Å². The van der Waals surface area contributed by atoms with Crippen molar-refractivity contribution in [2.45, 2.75) is 50.2 Å². The van der Waals surface area contributed by atoms with E-state index in [-0.39, 0.29) is 37.0 Å². The molecule has 8 nitrogen and oxygen atoms in total. The molecule has 11 heteroatoms. The van der Waals surface area contributed by atoms with E-state index in [1.54, 1.807) is 18.3 Å². The van der Waals surface area contributed by atoms with Crippen LogP contribution in [0.5, 0.6) is 0 Å². The van der Waals surface area contributed by atoms with Crippen molar-refractivity contribution in [1.82, 2.24) is 19.2 Å². The molecule has 0 amide bonds. The first-order valence-corrected chi connectivity index (χ1v) is 14.6. The Balaban J connectivity index is 1.20. The van der Waals surface area contributed by atoms with Crippen LogP contribution in [0.3, 0.4) is 0 Å². The van der Waals surface area contributed by atoms with Gasteiger partial charge in [0, 0.05) is 44.9 Å². The Morgan fingerprint density at radius 2 is 1.84 bits per heavy atom. The van der Waals surface area contributed by atoms with Gasteiger partial charge in [-0.1, -0.05) is 12.1 Å². The zero-order valence-electron chi connectivity index (χ0n) is 20.9. The Morgan fingerprint density at radius 3 is 2.54 bits per heavy atom. The first-order chi connectivity index (χ1) is 17.9. The van der Waals surface area contributed by atoms with E-state index in [0.717, 1.165) is 37.1 Å². The van der Waals surface area contributed by atoms with Gasteiger partial charge in [-0.3, -0.25) is 4.39 Å². The molecule has 1 aromatic carbocycles. The molecule has 5 rings (SSSR count). The number of nitrogens with one attached hydrogen (secondary N) is 1. The Kier molecular flexibility index (Phi) is 8.33. The molecule has 3 heterocycles. The number of alkyl halides is 1. The van der Waals surface area contributed by atoms with Crippen LogP contribution >= 0.6 is 0 Å². The average molecular weight is 536 g/mol. The summed E-state index contributed by atoms with van der Waals surface area (Å²) in [6.45, 7) is 1.58. The fourth-order valence-corrected chi connectivity index (χ4v) is 7.27. The van der Waals surface area contributed by atoms with Crippen molar-refractivity contribution in [3.05, 3.63) is 54.0 Å². The summed E-state index contributed by atoms with van der Waals surface area (Å²) in [6, 6.07) is 10.2. The predicted molar refractivity (Wildman–Crippen MR) is 137 cm³/mol. The van der Waals surface area contributed by atoms with Gasteiger partial charge in [0.05, 0.1) is 18.8 Å². The maximum atomic E-state index is 13.6. The molecule has 3 aliphatic rings. The molecule has 0 bridgehead atoms. The van der Waals surface area contributed by atoms with Gasteiger partial charge in [0.25, 0.3) is 10.2 Å². The van der Waals surface area contributed by atoms with Crippen molar-refractivity contribution in [3.63, 3.8) is 0 Å². The minimum atomic E-state index is -3.71. The predicted octanol–water partition coefficient (Wildman–Crippen LogP) is 3.29. The number of benzene rings is 1. The second-order valence-corrected chi connectivity index (χ2v) is 12.2. The van der Waals surface area contributed by atoms with Crippen molar-refractivity contribution in [2.24, 2.45) is 11.8 Å². The van der Waals surface area contributed by atoms with Gasteiger partial charge in [0.2, 0.25) is 0 Å². The molecule has 1 aromatic heterocycles. The van der Waals surface area contributed by atoms with Gasteiger partial charge in [-0.2, -0.15) is 22.5 Å². The summed E-state index contributed by atoms with van der Waals surface area (Å²) in [7, 11) is -3.71. The standard InChI is InChI=1S/C26H35F2N5O3S/c27-14-20-15-33(16-20)37(34,35)31-24-10-12-32(26-5-2-11-29-30-26)17-25(24)36-18-19-6-8-21(9-7-19)22-3-1-4-23(28)13-22/h1-5,11,13,19-21,24-25,31H,6-10,12,14-18H2/t19?,21?,24-,25+/m0/s1. The normalized spacial score (nSPS) is 27.7. The Labute approximate surface area is 217 Å². The lowest BCUT2D eigenvalue weighted by molar-refractivity contribution is -0.00195. The SMILES string of the molecule is O=S(=O)(N[C@H]1CCN(c2cccnn2)C[C@H]1OCC1CCC(c2cccc(F)c2)CC1)N1CC(CF)C1. The summed E-state index contributed by atoms with van der Waals surface area (Å²) in [5.74, 6) is 1.05. The van der Waals surface area contributed by atoms with E-state index < -0.39 is 16.9 Å². The van der Waals surface area contributed by atoms with Gasteiger partial charge in [-0.25, -0.2) is 4.39 Å². The fourth-order valence-electron chi connectivity index (χ4n) is 5.66. The number of hydrogen-bond donors (Lipinski definition) is 1. The highest BCUT2D eigenvalue weighted by Crippen LogP contribution is 2.36. The Hall–Kier alpha value is -2.21. The second kappa shape index (κ2) is 11.7. The number of ether oxygens (including phenoxy) is 1. The third-order valence-corrected chi connectivity index (χ3v) is 9.51. The van der Waals surface area contributed by atoms with Gasteiger partial charge >= 0.3 is 0 Å². The Morgan fingerprint density at radius 1 is 1.03 bits per heavy atom. The molecule has 3 fully saturated rings. The van der Waals surface area contributed by atoms with Crippen LogP contribution in [0.1, 0.15) is 43.6 Å². The first kappa shape index (κ1) is 26.4. The summed E-state index contributed by atoms with van der Waals surface area (Å²) in [5.41, 5.74) is 1.06. The lowest BCUT2D eigenvalue weighted by atomic mass is 9.79. The summed E-state index contributed by atoms with van der Waals surface area (Å²) < 4.78 is 62.9. The number of anilines is 1. The van der Waals surface area contributed by atoms with Gasteiger partial charge in [0.1, 0.15) is 5.82 Å². The third kappa shape index (κ3) is 6.45. The van der Waals surface area contributed by atoms with E-state index in [0.29, 0.717) is 38.0 Å². The van der Waals surface area contributed by atoms with Crippen LogP contribution in [0, 0.1) is 17.7 Å².